The summed E-state index contributed by atoms with van der Waals surface area (Å²) >= 11 is 0. The fraction of sp³-hybridized carbons (Fsp3) is 0.562. The average molecular weight is 322 g/mol. The minimum absolute atomic E-state index is 0.183. The van der Waals surface area contributed by atoms with Crippen LogP contribution in [0.3, 0.4) is 0 Å². The van der Waals surface area contributed by atoms with Crippen molar-refractivity contribution in [3.05, 3.63) is 30.1 Å². The summed E-state index contributed by atoms with van der Waals surface area (Å²) in [6.45, 7) is 4.86. The second kappa shape index (κ2) is 8.03. The molecule has 0 bridgehead atoms. The molecule has 2 rings (SSSR count). The van der Waals surface area contributed by atoms with Gasteiger partial charge in [0.2, 0.25) is 0 Å². The third-order valence-corrected chi connectivity index (χ3v) is 3.41. The Labute approximate surface area is 135 Å². The van der Waals surface area contributed by atoms with Crippen LogP contribution in [-0.4, -0.2) is 46.8 Å². The first-order valence-corrected chi connectivity index (χ1v) is 7.62. The monoisotopic (exact) mass is 322 g/mol. The van der Waals surface area contributed by atoms with Crippen LogP contribution in [0.4, 0.5) is 0 Å². The van der Waals surface area contributed by atoms with Gasteiger partial charge in [-0.1, -0.05) is 19.9 Å². The quantitative estimate of drug-likeness (QED) is 0.657. The molecular weight excluding hydrogens is 300 g/mol. The Bertz CT molecular complexity index is 535. The molecule has 2 N–H and O–H groups in total. The van der Waals surface area contributed by atoms with Crippen molar-refractivity contribution in [2.75, 3.05) is 6.61 Å². The van der Waals surface area contributed by atoms with Crippen molar-refractivity contribution in [1.29, 1.82) is 0 Å². The Morgan fingerprint density at radius 2 is 2.22 bits per heavy atom. The lowest BCUT2D eigenvalue weighted by Crippen LogP contribution is -2.42. The van der Waals surface area contributed by atoms with E-state index in [1.165, 1.54) is 0 Å². The summed E-state index contributed by atoms with van der Waals surface area (Å²) < 4.78 is 10.5. The number of nitrogens with zero attached hydrogens (tertiary/aromatic N) is 1. The molecule has 1 fully saturated rings. The van der Waals surface area contributed by atoms with Crippen molar-refractivity contribution in [1.82, 2.24) is 10.3 Å². The zero-order valence-electron chi connectivity index (χ0n) is 13.3. The van der Waals surface area contributed by atoms with Gasteiger partial charge in [0.05, 0.1) is 19.3 Å². The largest absolute Gasteiger partial charge is 0.479 e. The van der Waals surface area contributed by atoms with E-state index in [2.05, 4.69) is 10.3 Å². The number of hydrogen-bond acceptors (Lipinski definition) is 5. The summed E-state index contributed by atoms with van der Waals surface area (Å²) in [5.74, 6) is -1.14. The Hall–Kier alpha value is -1.99. The van der Waals surface area contributed by atoms with Crippen LogP contribution in [0.1, 0.15) is 25.8 Å². The molecule has 7 nitrogen and oxygen atoms in total. The van der Waals surface area contributed by atoms with Gasteiger partial charge in [0.15, 0.2) is 12.2 Å². The number of epoxide rings is 1. The number of aromatic nitrogens is 1. The van der Waals surface area contributed by atoms with Crippen molar-refractivity contribution >= 4 is 11.9 Å². The van der Waals surface area contributed by atoms with Gasteiger partial charge in [-0.2, -0.15) is 0 Å². The number of carboxylic acid groups (broad SMARTS) is 1. The first-order valence-electron chi connectivity index (χ1n) is 7.62. The van der Waals surface area contributed by atoms with Gasteiger partial charge >= 0.3 is 5.97 Å². The van der Waals surface area contributed by atoms with E-state index in [4.69, 9.17) is 14.6 Å². The molecular formula is C16H22N2O5. The highest BCUT2D eigenvalue weighted by molar-refractivity contribution is 5.92. The van der Waals surface area contributed by atoms with E-state index in [9.17, 15) is 9.59 Å². The van der Waals surface area contributed by atoms with Gasteiger partial charge in [-0.15, -0.1) is 0 Å². The normalized spacial score (nSPS) is 21.0. The molecule has 1 amide bonds. The predicted molar refractivity (Wildman–Crippen MR) is 81.6 cm³/mol. The lowest BCUT2D eigenvalue weighted by atomic mass is 10.0. The first kappa shape index (κ1) is 17.4. The number of rotatable bonds is 9. The number of carbonyl (C=O) groups is 2. The number of pyridine rings is 1. The molecule has 7 heteroatoms. The number of nitrogens with one attached hydrogen (secondary N) is 1. The van der Waals surface area contributed by atoms with E-state index in [0.717, 1.165) is 12.0 Å². The number of hydrogen-bond donors (Lipinski definition) is 2. The van der Waals surface area contributed by atoms with Gasteiger partial charge in [0.1, 0.15) is 0 Å². The molecule has 1 aromatic rings. The molecule has 3 atom stereocenters. The maximum absolute atomic E-state index is 12.0. The topological polar surface area (TPSA) is 101 Å². The molecule has 0 radical (unpaired) electrons. The van der Waals surface area contributed by atoms with Gasteiger partial charge in [0.25, 0.3) is 5.91 Å². The van der Waals surface area contributed by atoms with Gasteiger partial charge in [-0.3, -0.25) is 9.78 Å². The SMILES string of the molecule is CC(C)C[C@@H](COCc1cccnc1)NC(=O)[C@H]1O[C@@H]1C(=O)O. The summed E-state index contributed by atoms with van der Waals surface area (Å²) in [7, 11) is 0. The minimum Gasteiger partial charge on any atom is -0.479 e. The van der Waals surface area contributed by atoms with E-state index in [0.29, 0.717) is 19.1 Å². The summed E-state index contributed by atoms with van der Waals surface area (Å²) in [6, 6.07) is 3.57. The van der Waals surface area contributed by atoms with E-state index < -0.39 is 24.1 Å². The molecule has 23 heavy (non-hydrogen) atoms. The number of carboxylic acids is 1. The van der Waals surface area contributed by atoms with E-state index in [-0.39, 0.29) is 6.04 Å². The molecule has 0 unspecified atom stereocenters. The van der Waals surface area contributed by atoms with Crippen LogP contribution >= 0.6 is 0 Å². The van der Waals surface area contributed by atoms with Crippen molar-refractivity contribution in [2.45, 2.75) is 45.1 Å². The maximum atomic E-state index is 12.0. The molecule has 1 aromatic heterocycles. The maximum Gasteiger partial charge on any atom is 0.336 e. The first-order chi connectivity index (χ1) is 11.0. The van der Waals surface area contributed by atoms with Gasteiger partial charge in [0, 0.05) is 12.4 Å². The molecule has 0 aromatic carbocycles. The molecule has 0 aliphatic carbocycles. The van der Waals surface area contributed by atoms with E-state index >= 15 is 0 Å². The number of amides is 1. The van der Waals surface area contributed by atoms with Crippen LogP contribution in [0.15, 0.2) is 24.5 Å². The van der Waals surface area contributed by atoms with Gasteiger partial charge in [-0.25, -0.2) is 4.79 Å². The van der Waals surface area contributed by atoms with Crippen molar-refractivity contribution in [3.63, 3.8) is 0 Å². The lowest BCUT2D eigenvalue weighted by Gasteiger charge is -2.20. The molecule has 1 aliphatic heterocycles. The lowest BCUT2D eigenvalue weighted by molar-refractivity contribution is -0.138. The standard InChI is InChI=1S/C16H22N2O5/c1-10(2)6-12(9-22-8-11-4-3-5-17-7-11)18-15(19)13-14(23-13)16(20)21/h3-5,7,10,12-14H,6,8-9H2,1-2H3,(H,18,19)(H,20,21)/t12-,13-,14-/m0/s1. The zero-order valence-corrected chi connectivity index (χ0v) is 13.3. The van der Waals surface area contributed by atoms with Crippen LogP contribution in [0.5, 0.6) is 0 Å². The summed E-state index contributed by atoms with van der Waals surface area (Å²) in [4.78, 5) is 26.7. The number of carbonyl (C=O) groups excluding carboxylic acids is 1. The molecule has 1 aliphatic rings. The smallest absolute Gasteiger partial charge is 0.336 e. The van der Waals surface area contributed by atoms with Gasteiger partial charge < -0.3 is 19.9 Å². The number of aliphatic carboxylic acids is 1. The Morgan fingerprint density at radius 1 is 1.43 bits per heavy atom. The van der Waals surface area contributed by atoms with Crippen molar-refractivity contribution in [2.24, 2.45) is 5.92 Å². The molecule has 1 saturated heterocycles. The minimum atomic E-state index is -1.11. The van der Waals surface area contributed by atoms with Crippen LogP contribution in [0.2, 0.25) is 0 Å². The average Bonchev–Trinajstić information content (AvgIpc) is 3.28. The van der Waals surface area contributed by atoms with Crippen LogP contribution < -0.4 is 5.32 Å². The van der Waals surface area contributed by atoms with Crippen molar-refractivity contribution < 1.29 is 24.2 Å². The third kappa shape index (κ3) is 5.61. The summed E-state index contributed by atoms with van der Waals surface area (Å²) in [6.07, 6.45) is 2.25. The van der Waals surface area contributed by atoms with Crippen LogP contribution in [0, 0.1) is 5.92 Å². The van der Waals surface area contributed by atoms with Gasteiger partial charge in [-0.05, 0) is 24.0 Å². The molecule has 0 saturated carbocycles. The highest BCUT2D eigenvalue weighted by atomic mass is 16.6. The van der Waals surface area contributed by atoms with E-state index in [1.807, 2.05) is 26.0 Å². The Balaban J connectivity index is 1.80. The predicted octanol–water partition coefficient (Wildman–Crippen LogP) is 0.981. The summed E-state index contributed by atoms with van der Waals surface area (Å²) in [5.41, 5.74) is 0.957. The highest BCUT2D eigenvalue weighted by Gasteiger charge is 2.51. The fourth-order valence-corrected chi connectivity index (χ4v) is 2.32. The van der Waals surface area contributed by atoms with E-state index in [1.54, 1.807) is 12.4 Å². The Morgan fingerprint density at radius 3 is 2.78 bits per heavy atom. The summed E-state index contributed by atoms with van der Waals surface area (Å²) in [5, 5.41) is 11.6. The molecule has 2 heterocycles. The molecule has 0 spiro atoms. The zero-order chi connectivity index (χ0) is 16.8. The second-order valence-electron chi connectivity index (χ2n) is 6.03. The second-order valence-corrected chi connectivity index (χ2v) is 6.03. The third-order valence-electron chi connectivity index (χ3n) is 3.41. The number of ether oxygens (including phenoxy) is 2. The van der Waals surface area contributed by atoms with Crippen LogP contribution in [-0.2, 0) is 25.7 Å². The highest BCUT2D eigenvalue weighted by Crippen LogP contribution is 2.22. The Kier molecular flexibility index (Phi) is 6.06. The van der Waals surface area contributed by atoms with Crippen molar-refractivity contribution in [3.8, 4) is 0 Å². The van der Waals surface area contributed by atoms with Crippen LogP contribution in [0.25, 0.3) is 0 Å². The molecule has 126 valence electrons. The fourth-order valence-electron chi connectivity index (χ4n) is 2.32.